The van der Waals surface area contributed by atoms with Crippen LogP contribution in [0.4, 0.5) is 16.0 Å². The van der Waals surface area contributed by atoms with Gasteiger partial charge in [0.15, 0.2) is 0 Å². The van der Waals surface area contributed by atoms with E-state index in [1.807, 2.05) is 34.8 Å². The fraction of sp³-hybridized carbons (Fsp3) is 0.542. The highest BCUT2D eigenvalue weighted by Gasteiger charge is 2.39. The van der Waals surface area contributed by atoms with Crippen LogP contribution in [0.2, 0.25) is 5.02 Å². The maximum absolute atomic E-state index is 15.4. The number of aromatic nitrogens is 4. The number of nitrogens with one attached hydrogen (secondary N) is 1. The lowest BCUT2D eigenvalue weighted by Crippen LogP contribution is -2.50. The molecule has 0 bridgehead atoms. The van der Waals surface area contributed by atoms with Crippen molar-refractivity contribution >= 4 is 34.1 Å². The Morgan fingerprint density at radius 3 is 2.79 bits per heavy atom. The number of aliphatic hydroxyl groups is 1. The second-order valence-electron chi connectivity index (χ2n) is 9.65. The molecule has 0 amide bonds. The summed E-state index contributed by atoms with van der Waals surface area (Å²) in [6.07, 6.45) is 4.84. The van der Waals surface area contributed by atoms with Crippen molar-refractivity contribution < 1.29 is 14.2 Å². The maximum Gasteiger partial charge on any atom is 0.227 e. The van der Waals surface area contributed by atoms with Crippen LogP contribution in [-0.4, -0.2) is 74.4 Å². The molecule has 3 aliphatic rings. The lowest BCUT2D eigenvalue weighted by Gasteiger charge is -2.39. The molecule has 3 fully saturated rings. The van der Waals surface area contributed by atoms with Crippen molar-refractivity contribution in [1.82, 2.24) is 24.6 Å². The van der Waals surface area contributed by atoms with Crippen molar-refractivity contribution in [3.8, 4) is 0 Å². The van der Waals surface area contributed by atoms with Crippen LogP contribution in [0, 0.1) is 6.92 Å². The van der Waals surface area contributed by atoms with Gasteiger partial charge in [0, 0.05) is 29.1 Å². The molecule has 10 heteroatoms. The highest BCUT2D eigenvalue weighted by atomic mass is 35.5. The number of fused-ring (bicyclic) bond motifs is 1. The van der Waals surface area contributed by atoms with E-state index in [0.29, 0.717) is 43.2 Å². The van der Waals surface area contributed by atoms with Gasteiger partial charge in [-0.1, -0.05) is 11.6 Å². The smallest absolute Gasteiger partial charge is 0.227 e. The molecule has 2 N–H and O–H groups in total. The lowest BCUT2D eigenvalue weighted by molar-refractivity contribution is 0.0353. The van der Waals surface area contributed by atoms with Crippen LogP contribution in [-0.2, 0) is 4.74 Å². The van der Waals surface area contributed by atoms with E-state index in [9.17, 15) is 5.11 Å². The molecule has 4 heterocycles. The maximum atomic E-state index is 15.4. The Morgan fingerprint density at radius 1 is 1.21 bits per heavy atom. The van der Waals surface area contributed by atoms with Crippen LogP contribution < -0.4 is 5.32 Å². The molecule has 2 aromatic heterocycles. The predicted molar refractivity (Wildman–Crippen MR) is 128 cm³/mol. The molecular formula is C24H28ClFN6O2. The Labute approximate surface area is 202 Å². The first-order chi connectivity index (χ1) is 16.5. The van der Waals surface area contributed by atoms with Crippen LogP contribution in [0.1, 0.15) is 42.5 Å². The van der Waals surface area contributed by atoms with Gasteiger partial charge in [-0.15, -0.1) is 0 Å². The average molecular weight is 487 g/mol. The molecule has 34 heavy (non-hydrogen) atoms. The normalized spacial score (nSPS) is 28.0. The molecule has 180 valence electrons. The third kappa shape index (κ3) is 4.04. The number of ether oxygens (including phenoxy) is 1. The number of alkyl halides is 1. The summed E-state index contributed by atoms with van der Waals surface area (Å²) in [7, 11) is 0. The summed E-state index contributed by atoms with van der Waals surface area (Å²) in [5, 5.41) is 19.2. The van der Waals surface area contributed by atoms with Gasteiger partial charge in [-0.05, 0) is 50.4 Å². The molecule has 4 unspecified atom stereocenters. The number of rotatable bonds is 5. The summed E-state index contributed by atoms with van der Waals surface area (Å²) in [5.41, 5.74) is 3.44. The fourth-order valence-electron chi connectivity index (χ4n) is 5.23. The van der Waals surface area contributed by atoms with Gasteiger partial charge < -0.3 is 15.2 Å². The van der Waals surface area contributed by atoms with E-state index in [1.54, 1.807) is 6.20 Å². The average Bonchev–Trinajstić information content (AvgIpc) is 3.47. The van der Waals surface area contributed by atoms with Crippen molar-refractivity contribution in [3.63, 3.8) is 0 Å². The molecule has 2 aliphatic heterocycles. The predicted octanol–water partition coefficient (Wildman–Crippen LogP) is 3.75. The SMILES string of the molecule is Cc1c(Nc2ncc3cc(Cl)c(C4CCN(C5COCC5O)CC4F)cc3n2)cnn1C1CC1. The van der Waals surface area contributed by atoms with Crippen molar-refractivity contribution in [1.29, 1.82) is 0 Å². The van der Waals surface area contributed by atoms with Gasteiger partial charge >= 0.3 is 0 Å². The molecule has 6 rings (SSSR count). The molecule has 4 atom stereocenters. The summed E-state index contributed by atoms with van der Waals surface area (Å²) >= 11 is 6.59. The van der Waals surface area contributed by atoms with Crippen molar-refractivity contribution in [2.75, 3.05) is 31.6 Å². The van der Waals surface area contributed by atoms with E-state index < -0.39 is 12.3 Å². The minimum Gasteiger partial charge on any atom is -0.389 e. The standard InChI is InChI=1S/C24H28ClFN6O2/c1-13-21(9-28-32(13)15-2-3-15)30-24-27-8-14-6-18(25)17(7-20(14)29-24)16-4-5-31(10-19(16)26)22-11-34-12-23(22)33/h6-9,15-16,19,22-23,33H,2-5,10-12H2,1H3,(H,27,29,30). The van der Waals surface area contributed by atoms with Gasteiger partial charge in [-0.25, -0.2) is 14.4 Å². The van der Waals surface area contributed by atoms with Crippen molar-refractivity contribution in [2.45, 2.75) is 56.5 Å². The van der Waals surface area contributed by atoms with E-state index in [-0.39, 0.29) is 18.5 Å². The topological polar surface area (TPSA) is 88.3 Å². The zero-order valence-corrected chi connectivity index (χ0v) is 19.7. The lowest BCUT2D eigenvalue weighted by atomic mass is 9.86. The zero-order chi connectivity index (χ0) is 23.4. The van der Waals surface area contributed by atoms with Gasteiger partial charge in [0.1, 0.15) is 6.17 Å². The summed E-state index contributed by atoms with van der Waals surface area (Å²) in [6.45, 7) is 3.74. The molecule has 0 radical (unpaired) electrons. The van der Waals surface area contributed by atoms with E-state index in [0.717, 1.165) is 27.8 Å². The molecular weight excluding hydrogens is 459 g/mol. The number of piperidine rings is 1. The number of likely N-dealkylation sites (tertiary alicyclic amines) is 1. The molecule has 1 aliphatic carbocycles. The molecule has 1 saturated carbocycles. The van der Waals surface area contributed by atoms with Crippen LogP contribution in [0.5, 0.6) is 0 Å². The Bertz CT molecular complexity index is 1220. The number of hydrogen-bond donors (Lipinski definition) is 2. The fourth-order valence-corrected chi connectivity index (χ4v) is 5.54. The van der Waals surface area contributed by atoms with Crippen LogP contribution >= 0.6 is 11.6 Å². The zero-order valence-electron chi connectivity index (χ0n) is 19.0. The first kappa shape index (κ1) is 22.2. The van der Waals surface area contributed by atoms with Gasteiger partial charge in [-0.2, -0.15) is 5.10 Å². The Hall–Kier alpha value is -2.33. The van der Waals surface area contributed by atoms with Crippen LogP contribution in [0.25, 0.3) is 10.9 Å². The van der Waals surface area contributed by atoms with Gasteiger partial charge in [0.05, 0.1) is 54.5 Å². The number of hydrogen-bond acceptors (Lipinski definition) is 7. The quantitative estimate of drug-likeness (QED) is 0.567. The summed E-state index contributed by atoms with van der Waals surface area (Å²) in [6, 6.07) is 4.08. The van der Waals surface area contributed by atoms with E-state index >= 15 is 4.39 Å². The Kier molecular flexibility index (Phi) is 5.68. The van der Waals surface area contributed by atoms with Crippen LogP contribution in [0.15, 0.2) is 24.5 Å². The molecule has 0 spiro atoms. The Balaban J connectivity index is 1.23. The third-order valence-electron chi connectivity index (χ3n) is 7.34. The molecule has 2 saturated heterocycles. The summed E-state index contributed by atoms with van der Waals surface area (Å²) < 4.78 is 22.8. The molecule has 1 aromatic carbocycles. The third-order valence-corrected chi connectivity index (χ3v) is 7.67. The van der Waals surface area contributed by atoms with Gasteiger partial charge in [0.25, 0.3) is 0 Å². The highest BCUT2D eigenvalue weighted by Crippen LogP contribution is 2.39. The number of benzene rings is 1. The highest BCUT2D eigenvalue weighted by molar-refractivity contribution is 6.32. The second-order valence-corrected chi connectivity index (χ2v) is 10.1. The Morgan fingerprint density at radius 2 is 2.06 bits per heavy atom. The largest absolute Gasteiger partial charge is 0.389 e. The van der Waals surface area contributed by atoms with Gasteiger partial charge in [-0.3, -0.25) is 9.58 Å². The second kappa shape index (κ2) is 8.71. The first-order valence-electron chi connectivity index (χ1n) is 11.9. The summed E-state index contributed by atoms with van der Waals surface area (Å²) in [4.78, 5) is 11.1. The number of anilines is 2. The number of halogens is 2. The van der Waals surface area contributed by atoms with E-state index in [4.69, 9.17) is 21.3 Å². The number of nitrogens with zero attached hydrogens (tertiary/aromatic N) is 5. The summed E-state index contributed by atoms with van der Waals surface area (Å²) in [5.74, 6) is 0.152. The monoisotopic (exact) mass is 486 g/mol. The molecule has 8 nitrogen and oxygen atoms in total. The first-order valence-corrected chi connectivity index (χ1v) is 12.3. The molecule has 3 aromatic rings. The van der Waals surface area contributed by atoms with E-state index in [1.165, 1.54) is 12.8 Å². The van der Waals surface area contributed by atoms with E-state index in [2.05, 4.69) is 15.4 Å². The van der Waals surface area contributed by atoms with Crippen molar-refractivity contribution in [3.05, 3.63) is 40.8 Å². The van der Waals surface area contributed by atoms with Crippen molar-refractivity contribution in [2.24, 2.45) is 0 Å². The minimum atomic E-state index is -1.09. The number of aliphatic hydroxyl groups excluding tert-OH is 1. The van der Waals surface area contributed by atoms with Crippen LogP contribution in [0.3, 0.4) is 0 Å². The van der Waals surface area contributed by atoms with Gasteiger partial charge in [0.2, 0.25) is 5.95 Å². The minimum absolute atomic E-state index is 0.139.